The number of rotatable bonds is 1. The van der Waals surface area contributed by atoms with Gasteiger partial charge in [-0.05, 0) is 18.8 Å². The highest BCUT2D eigenvalue weighted by atomic mass is 16.3. The van der Waals surface area contributed by atoms with E-state index in [2.05, 4.69) is 18.3 Å². The van der Waals surface area contributed by atoms with Gasteiger partial charge in [-0.1, -0.05) is 19.8 Å². The monoisotopic (exact) mass is 194 g/mol. The minimum absolute atomic E-state index is 0.476. The molecule has 14 heavy (non-hydrogen) atoms. The van der Waals surface area contributed by atoms with E-state index in [9.17, 15) is 10.4 Å². The largest absolute Gasteiger partial charge is 0.386 e. The number of hydrogen-bond donors (Lipinski definition) is 2. The Hall–Kier alpha value is -0.590. The maximum atomic E-state index is 10.3. The molecule has 2 N–H and O–H groups in total. The van der Waals surface area contributed by atoms with Gasteiger partial charge in [-0.3, -0.25) is 0 Å². The van der Waals surface area contributed by atoms with Gasteiger partial charge >= 0.3 is 0 Å². The molecule has 1 heterocycles. The van der Waals surface area contributed by atoms with Crippen LogP contribution in [0.4, 0.5) is 0 Å². The summed E-state index contributed by atoms with van der Waals surface area (Å²) in [5.74, 6) is 0.577. The Kier molecular flexibility index (Phi) is 2.29. The Labute approximate surface area is 85.1 Å². The Morgan fingerprint density at radius 3 is 2.64 bits per heavy atom. The topological polar surface area (TPSA) is 56.0 Å². The zero-order valence-corrected chi connectivity index (χ0v) is 8.71. The lowest BCUT2D eigenvalue weighted by atomic mass is 9.59. The van der Waals surface area contributed by atoms with Gasteiger partial charge in [0.1, 0.15) is 5.60 Å². The third kappa shape index (κ3) is 1.25. The molecule has 3 heteroatoms. The first kappa shape index (κ1) is 9.95. The molecule has 0 aromatic rings. The molecule has 2 atom stereocenters. The van der Waals surface area contributed by atoms with Crippen molar-refractivity contribution in [2.75, 3.05) is 13.1 Å². The molecular formula is C11H18N2O. The van der Waals surface area contributed by atoms with Crippen molar-refractivity contribution in [3.05, 3.63) is 0 Å². The fraction of sp³-hybridized carbons (Fsp3) is 0.909. The molecule has 1 saturated carbocycles. The molecule has 78 valence electrons. The first-order chi connectivity index (χ1) is 6.62. The molecule has 0 aromatic carbocycles. The van der Waals surface area contributed by atoms with Crippen LogP contribution in [0.15, 0.2) is 0 Å². The third-order valence-electron chi connectivity index (χ3n) is 3.94. The molecule has 2 aliphatic rings. The van der Waals surface area contributed by atoms with Gasteiger partial charge in [0.25, 0.3) is 0 Å². The van der Waals surface area contributed by atoms with Crippen LogP contribution in [-0.4, -0.2) is 23.8 Å². The Bertz CT molecular complexity index is 267. The Balaban J connectivity index is 2.21. The first-order valence-corrected chi connectivity index (χ1v) is 5.46. The van der Waals surface area contributed by atoms with E-state index in [-0.39, 0.29) is 0 Å². The van der Waals surface area contributed by atoms with Gasteiger partial charge < -0.3 is 10.4 Å². The molecule has 0 aromatic heterocycles. The van der Waals surface area contributed by atoms with E-state index >= 15 is 0 Å². The normalized spacial score (nSPS) is 41.1. The molecule has 1 aliphatic heterocycles. The van der Waals surface area contributed by atoms with Crippen LogP contribution >= 0.6 is 0 Å². The van der Waals surface area contributed by atoms with Crippen molar-refractivity contribution >= 4 is 0 Å². The highest BCUT2D eigenvalue weighted by molar-refractivity contribution is 5.18. The summed E-state index contributed by atoms with van der Waals surface area (Å²) in [6, 6.07) is 2.40. The van der Waals surface area contributed by atoms with E-state index in [1.165, 1.54) is 6.42 Å². The van der Waals surface area contributed by atoms with E-state index in [0.29, 0.717) is 19.0 Å². The van der Waals surface area contributed by atoms with Gasteiger partial charge in [-0.25, -0.2) is 0 Å². The molecule has 2 rings (SSSR count). The average Bonchev–Trinajstić information content (AvgIpc) is 2.14. The van der Waals surface area contributed by atoms with Crippen LogP contribution in [0.25, 0.3) is 0 Å². The van der Waals surface area contributed by atoms with Crippen molar-refractivity contribution in [3.63, 3.8) is 0 Å². The number of nitrogens with one attached hydrogen (secondary N) is 1. The van der Waals surface area contributed by atoms with E-state index < -0.39 is 11.0 Å². The maximum absolute atomic E-state index is 10.3. The van der Waals surface area contributed by atoms with E-state index in [1.54, 1.807) is 0 Å². The SMILES string of the molecule is CC1CCCC(C#N)(C2(O)CNC2)C1. The highest BCUT2D eigenvalue weighted by Crippen LogP contribution is 2.47. The average molecular weight is 194 g/mol. The van der Waals surface area contributed by atoms with Gasteiger partial charge in [0.15, 0.2) is 0 Å². The third-order valence-corrected chi connectivity index (χ3v) is 3.94. The predicted molar refractivity (Wildman–Crippen MR) is 53.5 cm³/mol. The first-order valence-electron chi connectivity index (χ1n) is 5.46. The molecule has 0 amide bonds. The number of nitriles is 1. The van der Waals surface area contributed by atoms with Crippen LogP contribution < -0.4 is 5.32 Å². The standard InChI is InChI=1S/C11H18N2O/c1-9-3-2-4-10(5-9,6-12)11(14)7-13-8-11/h9,13-14H,2-5,7-8H2,1H3. The predicted octanol–water partition coefficient (Wildman–Crippen LogP) is 1.04. The lowest BCUT2D eigenvalue weighted by molar-refractivity contribution is -0.114. The minimum atomic E-state index is -0.754. The fourth-order valence-corrected chi connectivity index (χ4v) is 2.88. The summed E-state index contributed by atoms with van der Waals surface area (Å²) in [6.07, 6.45) is 4.01. The molecule has 0 bridgehead atoms. The van der Waals surface area contributed by atoms with Gasteiger partial charge in [0.2, 0.25) is 0 Å². The lowest BCUT2D eigenvalue weighted by Crippen LogP contribution is -2.68. The van der Waals surface area contributed by atoms with Crippen molar-refractivity contribution in [2.45, 2.75) is 38.2 Å². The number of β-amino-alcohol motifs (C(OH)–C–C–N with tert-alkyl or cyclic N) is 1. The summed E-state index contributed by atoms with van der Waals surface area (Å²) in [5, 5.41) is 22.7. The molecular weight excluding hydrogens is 176 g/mol. The second kappa shape index (κ2) is 3.22. The van der Waals surface area contributed by atoms with Crippen molar-refractivity contribution in [3.8, 4) is 6.07 Å². The van der Waals surface area contributed by atoms with Crippen LogP contribution in [0.1, 0.15) is 32.6 Å². The van der Waals surface area contributed by atoms with Crippen LogP contribution in [0.3, 0.4) is 0 Å². The molecule has 1 saturated heterocycles. The minimum Gasteiger partial charge on any atom is -0.386 e. The van der Waals surface area contributed by atoms with Crippen molar-refractivity contribution < 1.29 is 5.11 Å². The molecule has 1 aliphatic carbocycles. The number of nitrogens with zero attached hydrogens (tertiary/aromatic N) is 1. The summed E-state index contributed by atoms with van der Waals surface area (Å²) in [7, 11) is 0. The van der Waals surface area contributed by atoms with Crippen molar-refractivity contribution in [1.82, 2.24) is 5.32 Å². The number of aliphatic hydroxyl groups is 1. The summed E-state index contributed by atoms with van der Waals surface area (Å²) < 4.78 is 0. The zero-order valence-electron chi connectivity index (χ0n) is 8.71. The van der Waals surface area contributed by atoms with Gasteiger partial charge in [0.05, 0.1) is 11.5 Å². The van der Waals surface area contributed by atoms with E-state index in [0.717, 1.165) is 19.3 Å². The number of hydrogen-bond acceptors (Lipinski definition) is 3. The summed E-state index contributed by atoms with van der Waals surface area (Å²) in [6.45, 7) is 3.36. The summed E-state index contributed by atoms with van der Waals surface area (Å²) in [5.41, 5.74) is -1.23. The quantitative estimate of drug-likeness (QED) is 0.655. The van der Waals surface area contributed by atoms with Gasteiger partial charge in [0, 0.05) is 13.1 Å². The molecule has 3 nitrogen and oxygen atoms in total. The smallest absolute Gasteiger partial charge is 0.108 e. The molecule has 2 fully saturated rings. The van der Waals surface area contributed by atoms with Crippen LogP contribution in [0.5, 0.6) is 0 Å². The molecule has 0 radical (unpaired) electrons. The Morgan fingerprint density at radius 1 is 1.50 bits per heavy atom. The van der Waals surface area contributed by atoms with E-state index in [4.69, 9.17) is 0 Å². The van der Waals surface area contributed by atoms with Crippen LogP contribution in [0, 0.1) is 22.7 Å². The maximum Gasteiger partial charge on any atom is 0.108 e. The molecule has 2 unspecified atom stereocenters. The van der Waals surface area contributed by atoms with Crippen LogP contribution in [-0.2, 0) is 0 Å². The van der Waals surface area contributed by atoms with E-state index in [1.807, 2.05) is 0 Å². The van der Waals surface area contributed by atoms with Crippen molar-refractivity contribution in [1.29, 1.82) is 5.26 Å². The van der Waals surface area contributed by atoms with Gasteiger partial charge in [-0.2, -0.15) is 5.26 Å². The summed E-state index contributed by atoms with van der Waals surface area (Å²) in [4.78, 5) is 0. The zero-order chi connectivity index (χ0) is 10.2. The molecule has 0 spiro atoms. The Morgan fingerprint density at radius 2 is 2.21 bits per heavy atom. The lowest BCUT2D eigenvalue weighted by Gasteiger charge is -2.51. The van der Waals surface area contributed by atoms with Crippen LogP contribution in [0.2, 0.25) is 0 Å². The highest BCUT2D eigenvalue weighted by Gasteiger charge is 2.55. The second-order valence-corrected chi connectivity index (χ2v) is 5.03. The summed E-state index contributed by atoms with van der Waals surface area (Å²) >= 11 is 0. The second-order valence-electron chi connectivity index (χ2n) is 5.03. The van der Waals surface area contributed by atoms with Crippen molar-refractivity contribution in [2.24, 2.45) is 11.3 Å². The fourth-order valence-electron chi connectivity index (χ4n) is 2.88. The van der Waals surface area contributed by atoms with Gasteiger partial charge in [-0.15, -0.1) is 0 Å².